The number of primary amides is 1. The number of benzene rings is 2. The molecule has 4 N–H and O–H groups in total. The van der Waals surface area contributed by atoms with Crippen LogP contribution in [0.5, 0.6) is 11.5 Å². The number of guanidine groups is 1. The van der Waals surface area contributed by atoms with Crippen molar-refractivity contribution in [3.05, 3.63) is 59.7 Å². The van der Waals surface area contributed by atoms with Gasteiger partial charge >= 0.3 is 6.36 Å². The number of ether oxygens (including phenoxy) is 2. The second-order valence-electron chi connectivity index (χ2n) is 6.43. The smallest absolute Gasteiger partial charge is 0.484 e. The number of amides is 1. The van der Waals surface area contributed by atoms with Crippen LogP contribution in [0, 0.1) is 0 Å². The van der Waals surface area contributed by atoms with Crippen LogP contribution >= 0.6 is 24.0 Å². The third-order valence-corrected chi connectivity index (χ3v) is 3.96. The molecule has 0 aliphatic carbocycles. The predicted octanol–water partition coefficient (Wildman–Crippen LogP) is 3.37. The number of nitrogens with zero attached hydrogens (tertiary/aromatic N) is 1. The summed E-state index contributed by atoms with van der Waals surface area (Å²) in [5, 5.41) is 6.20. The van der Waals surface area contributed by atoms with Gasteiger partial charge in [-0.25, -0.2) is 4.99 Å². The van der Waals surface area contributed by atoms with Crippen molar-refractivity contribution >= 4 is 35.8 Å². The summed E-state index contributed by atoms with van der Waals surface area (Å²) in [6.07, 6.45) is -4.09. The number of nitrogens with one attached hydrogen (secondary N) is 2. The quantitative estimate of drug-likeness (QED) is 0.233. The van der Waals surface area contributed by atoms with Crippen molar-refractivity contribution < 1.29 is 27.4 Å². The fourth-order valence-electron chi connectivity index (χ4n) is 2.60. The number of alkyl halides is 3. The Labute approximate surface area is 201 Å². The maximum atomic E-state index is 12.6. The van der Waals surface area contributed by atoms with Gasteiger partial charge in [0, 0.05) is 18.7 Å². The summed E-state index contributed by atoms with van der Waals surface area (Å²) in [5.41, 5.74) is 6.39. The molecular weight excluding hydrogens is 540 g/mol. The summed E-state index contributed by atoms with van der Waals surface area (Å²) in [6.45, 7) is 2.88. The van der Waals surface area contributed by atoms with E-state index in [0.717, 1.165) is 5.56 Å². The van der Waals surface area contributed by atoms with Crippen molar-refractivity contribution in [2.75, 3.05) is 19.7 Å². The number of para-hydroxylation sites is 1. The van der Waals surface area contributed by atoms with Crippen LogP contribution in [-0.2, 0) is 17.8 Å². The van der Waals surface area contributed by atoms with Crippen LogP contribution in [0.2, 0.25) is 0 Å². The van der Waals surface area contributed by atoms with Crippen LogP contribution in [0.15, 0.2) is 53.5 Å². The minimum atomic E-state index is -4.76. The number of hydrogen-bond donors (Lipinski definition) is 3. The molecule has 7 nitrogen and oxygen atoms in total. The van der Waals surface area contributed by atoms with Gasteiger partial charge < -0.3 is 25.8 Å². The molecule has 0 unspecified atom stereocenters. The first-order valence-electron chi connectivity index (χ1n) is 9.62. The van der Waals surface area contributed by atoms with E-state index in [4.69, 9.17) is 10.5 Å². The maximum Gasteiger partial charge on any atom is 0.573 e. The molecule has 0 saturated carbocycles. The predicted molar refractivity (Wildman–Crippen MR) is 126 cm³/mol. The molecule has 0 spiro atoms. The Hall–Kier alpha value is -2.70. The average molecular weight is 566 g/mol. The van der Waals surface area contributed by atoms with Crippen molar-refractivity contribution in [3.8, 4) is 11.5 Å². The minimum Gasteiger partial charge on any atom is -0.484 e. The van der Waals surface area contributed by atoms with Crippen molar-refractivity contribution in [1.29, 1.82) is 0 Å². The molecule has 0 atom stereocenters. The van der Waals surface area contributed by atoms with Crippen LogP contribution in [0.25, 0.3) is 0 Å². The molecule has 2 aromatic carbocycles. The van der Waals surface area contributed by atoms with Crippen molar-refractivity contribution in [1.82, 2.24) is 10.6 Å². The van der Waals surface area contributed by atoms with Gasteiger partial charge in [0.15, 0.2) is 12.6 Å². The highest BCUT2D eigenvalue weighted by molar-refractivity contribution is 14.0. The molecule has 32 heavy (non-hydrogen) atoms. The largest absolute Gasteiger partial charge is 0.573 e. The van der Waals surface area contributed by atoms with Crippen LogP contribution < -0.4 is 25.8 Å². The van der Waals surface area contributed by atoms with Gasteiger partial charge in [-0.3, -0.25) is 4.79 Å². The Balaban J connectivity index is 0.00000512. The van der Waals surface area contributed by atoms with E-state index in [0.29, 0.717) is 36.8 Å². The first-order valence-corrected chi connectivity index (χ1v) is 9.62. The molecular formula is C21H26F3IN4O3. The normalized spacial score (nSPS) is 11.3. The van der Waals surface area contributed by atoms with E-state index in [9.17, 15) is 18.0 Å². The zero-order valence-electron chi connectivity index (χ0n) is 17.4. The second kappa shape index (κ2) is 13.7. The molecule has 1 amide bonds. The Morgan fingerprint density at radius 3 is 2.41 bits per heavy atom. The summed E-state index contributed by atoms with van der Waals surface area (Å²) in [5.74, 6) is 0.209. The van der Waals surface area contributed by atoms with E-state index in [1.54, 1.807) is 18.2 Å². The van der Waals surface area contributed by atoms with Crippen LogP contribution in [0.1, 0.15) is 18.1 Å². The SMILES string of the molecule is CCNC(=NCc1ccccc1OC(F)(F)F)NCCc1ccc(OCC(N)=O)cc1.I. The average Bonchev–Trinajstić information content (AvgIpc) is 2.71. The standard InChI is InChI=1S/C21H25F3N4O3.HI/c1-2-26-20(28-13-16-5-3-4-6-18(16)31-21(22,23)24)27-12-11-15-7-9-17(10-8-15)30-14-19(25)29;/h3-10H,2,11-14H2,1H3,(H2,25,29)(H2,26,27,28);1H. The van der Waals surface area contributed by atoms with Crippen molar-refractivity contribution in [3.63, 3.8) is 0 Å². The number of rotatable bonds is 10. The third kappa shape index (κ3) is 10.6. The Morgan fingerprint density at radius 2 is 1.78 bits per heavy atom. The van der Waals surface area contributed by atoms with Gasteiger partial charge in [-0.15, -0.1) is 37.1 Å². The van der Waals surface area contributed by atoms with Gasteiger partial charge in [0.05, 0.1) is 6.54 Å². The molecule has 11 heteroatoms. The van der Waals surface area contributed by atoms with Gasteiger partial charge in [0.25, 0.3) is 5.91 Å². The van der Waals surface area contributed by atoms with Gasteiger partial charge in [-0.1, -0.05) is 30.3 Å². The fraction of sp³-hybridized carbons (Fsp3) is 0.333. The molecule has 2 rings (SSSR count). The minimum absolute atomic E-state index is 0. The first kappa shape index (κ1) is 27.3. The lowest BCUT2D eigenvalue weighted by Gasteiger charge is -2.14. The lowest BCUT2D eigenvalue weighted by molar-refractivity contribution is -0.274. The molecule has 0 fully saturated rings. The first-order chi connectivity index (χ1) is 14.8. The van der Waals surface area contributed by atoms with E-state index in [1.165, 1.54) is 18.2 Å². The summed E-state index contributed by atoms with van der Waals surface area (Å²) < 4.78 is 47.0. The molecule has 0 aromatic heterocycles. The Kier molecular flexibility index (Phi) is 11.7. The van der Waals surface area contributed by atoms with Crippen LogP contribution in [0.4, 0.5) is 13.2 Å². The number of carbonyl (C=O) groups excluding carboxylic acids is 1. The van der Waals surface area contributed by atoms with Crippen LogP contribution in [-0.4, -0.2) is 37.9 Å². The fourth-order valence-corrected chi connectivity index (χ4v) is 2.60. The molecule has 0 heterocycles. The number of aliphatic imine (C=N–C) groups is 1. The zero-order valence-corrected chi connectivity index (χ0v) is 19.8. The zero-order chi connectivity index (χ0) is 22.7. The van der Waals surface area contributed by atoms with E-state index in [-0.39, 0.29) is 42.9 Å². The highest BCUT2D eigenvalue weighted by Crippen LogP contribution is 2.26. The molecule has 176 valence electrons. The van der Waals surface area contributed by atoms with E-state index >= 15 is 0 Å². The second-order valence-corrected chi connectivity index (χ2v) is 6.43. The molecule has 2 aromatic rings. The number of carbonyl (C=O) groups is 1. The van der Waals surface area contributed by atoms with E-state index in [1.807, 2.05) is 19.1 Å². The molecule has 0 aliphatic rings. The summed E-state index contributed by atoms with van der Waals surface area (Å²) >= 11 is 0. The van der Waals surface area contributed by atoms with Crippen molar-refractivity contribution in [2.45, 2.75) is 26.3 Å². The Morgan fingerprint density at radius 1 is 1.09 bits per heavy atom. The van der Waals surface area contributed by atoms with Gasteiger partial charge in [-0.05, 0) is 37.1 Å². The van der Waals surface area contributed by atoms with Gasteiger partial charge in [0.2, 0.25) is 0 Å². The number of hydrogen-bond acceptors (Lipinski definition) is 4. The van der Waals surface area contributed by atoms with Crippen LogP contribution in [0.3, 0.4) is 0 Å². The maximum absolute atomic E-state index is 12.6. The number of nitrogens with two attached hydrogens (primary N) is 1. The van der Waals surface area contributed by atoms with Gasteiger partial charge in [-0.2, -0.15) is 0 Å². The van der Waals surface area contributed by atoms with E-state index in [2.05, 4.69) is 20.4 Å². The molecule has 0 aliphatic heterocycles. The number of halogens is 4. The Bertz CT molecular complexity index is 877. The topological polar surface area (TPSA) is 98.0 Å². The van der Waals surface area contributed by atoms with Gasteiger partial charge in [0.1, 0.15) is 11.5 Å². The monoisotopic (exact) mass is 566 g/mol. The summed E-state index contributed by atoms with van der Waals surface area (Å²) in [4.78, 5) is 15.1. The highest BCUT2D eigenvalue weighted by atomic mass is 127. The highest BCUT2D eigenvalue weighted by Gasteiger charge is 2.31. The molecule has 0 bridgehead atoms. The lowest BCUT2D eigenvalue weighted by atomic mass is 10.1. The summed E-state index contributed by atoms with van der Waals surface area (Å²) in [7, 11) is 0. The third-order valence-electron chi connectivity index (χ3n) is 3.96. The lowest BCUT2D eigenvalue weighted by Crippen LogP contribution is -2.38. The van der Waals surface area contributed by atoms with Crippen molar-refractivity contribution in [2.24, 2.45) is 10.7 Å². The molecule has 0 saturated heterocycles. The molecule has 0 radical (unpaired) electrons. The van der Waals surface area contributed by atoms with E-state index < -0.39 is 12.3 Å². The summed E-state index contributed by atoms with van der Waals surface area (Å²) in [6, 6.07) is 13.1.